The number of fused-ring (bicyclic) bond motifs is 1. The van der Waals surface area contributed by atoms with Crippen molar-refractivity contribution in [3.63, 3.8) is 0 Å². The first kappa shape index (κ1) is 17.8. The Kier molecular flexibility index (Phi) is 5.02. The van der Waals surface area contributed by atoms with Crippen molar-refractivity contribution >= 4 is 40.0 Å². The number of nitrogens with one attached hydrogen (secondary N) is 1. The molecule has 1 atom stereocenters. The summed E-state index contributed by atoms with van der Waals surface area (Å²) >= 11 is 3.46. The van der Waals surface area contributed by atoms with Crippen LogP contribution in [0.4, 0.5) is 11.4 Å². The molecule has 0 aliphatic carbocycles. The van der Waals surface area contributed by atoms with Gasteiger partial charge in [0.05, 0.1) is 17.5 Å². The lowest BCUT2D eigenvalue weighted by Gasteiger charge is -2.34. The van der Waals surface area contributed by atoms with Gasteiger partial charge in [0.15, 0.2) is 0 Å². The zero-order valence-corrected chi connectivity index (χ0v) is 16.0. The van der Waals surface area contributed by atoms with E-state index in [-0.39, 0.29) is 24.2 Å². The number of carbonyl (C=O) groups excluding carboxylic acids is 1. The van der Waals surface area contributed by atoms with E-state index in [9.17, 15) is 14.9 Å². The first-order valence-corrected chi connectivity index (χ1v) is 10.3. The minimum Gasteiger partial charge on any atom is -0.325 e. The first-order valence-electron chi connectivity index (χ1n) is 8.50. The number of benzene rings is 1. The summed E-state index contributed by atoms with van der Waals surface area (Å²) in [6.07, 6.45) is 0.930. The molecule has 1 aliphatic heterocycles. The van der Waals surface area contributed by atoms with Crippen LogP contribution in [0.1, 0.15) is 21.4 Å². The van der Waals surface area contributed by atoms with Crippen LogP contribution in [0.25, 0.3) is 0 Å². The second kappa shape index (κ2) is 7.59. The molecule has 1 aliphatic rings. The summed E-state index contributed by atoms with van der Waals surface area (Å²) in [5, 5.41) is 17.9. The zero-order chi connectivity index (χ0) is 18.8. The lowest BCUT2D eigenvalue weighted by atomic mass is 9.98. The van der Waals surface area contributed by atoms with Crippen LogP contribution in [0.5, 0.6) is 0 Å². The molecule has 0 spiro atoms. The van der Waals surface area contributed by atoms with Gasteiger partial charge >= 0.3 is 0 Å². The van der Waals surface area contributed by atoms with Gasteiger partial charge in [-0.25, -0.2) is 0 Å². The Hall–Kier alpha value is -2.55. The average molecular weight is 399 g/mol. The van der Waals surface area contributed by atoms with Gasteiger partial charge in [-0.15, -0.1) is 22.7 Å². The Balaban J connectivity index is 1.52. The fraction of sp³-hybridized carbons (Fsp3) is 0.211. The molecule has 138 valence electrons. The van der Waals surface area contributed by atoms with Crippen molar-refractivity contribution in [1.29, 1.82) is 0 Å². The van der Waals surface area contributed by atoms with Crippen molar-refractivity contribution in [3.05, 3.63) is 78.7 Å². The Morgan fingerprint density at radius 1 is 1.22 bits per heavy atom. The van der Waals surface area contributed by atoms with Gasteiger partial charge < -0.3 is 5.32 Å². The predicted octanol–water partition coefficient (Wildman–Crippen LogP) is 4.30. The fourth-order valence-corrected chi connectivity index (χ4v) is 5.18. The van der Waals surface area contributed by atoms with E-state index in [1.165, 1.54) is 27.5 Å². The highest BCUT2D eigenvalue weighted by molar-refractivity contribution is 7.10. The highest BCUT2D eigenvalue weighted by Crippen LogP contribution is 2.39. The van der Waals surface area contributed by atoms with Crippen molar-refractivity contribution < 1.29 is 9.72 Å². The van der Waals surface area contributed by atoms with Gasteiger partial charge in [0.25, 0.3) is 5.69 Å². The number of non-ortho nitro benzene ring substituents is 1. The summed E-state index contributed by atoms with van der Waals surface area (Å²) in [4.78, 5) is 27.8. The molecule has 2 aromatic heterocycles. The van der Waals surface area contributed by atoms with Gasteiger partial charge in [-0.3, -0.25) is 19.8 Å². The number of amides is 1. The molecule has 3 heterocycles. The number of nitro benzene ring substituents is 1. The SMILES string of the molecule is O=C(CN1CCc2sccc2[C@H]1c1cccs1)Nc1cccc([N+](=O)[O-])c1. The van der Waals surface area contributed by atoms with Crippen molar-refractivity contribution in [1.82, 2.24) is 4.90 Å². The van der Waals surface area contributed by atoms with E-state index >= 15 is 0 Å². The molecule has 1 amide bonds. The summed E-state index contributed by atoms with van der Waals surface area (Å²) in [7, 11) is 0. The first-order chi connectivity index (χ1) is 13.1. The molecule has 4 rings (SSSR count). The van der Waals surface area contributed by atoms with Gasteiger partial charge in [-0.2, -0.15) is 0 Å². The van der Waals surface area contributed by atoms with Crippen molar-refractivity contribution in [2.75, 3.05) is 18.4 Å². The largest absolute Gasteiger partial charge is 0.325 e. The third kappa shape index (κ3) is 3.78. The lowest BCUT2D eigenvalue weighted by Crippen LogP contribution is -2.40. The highest BCUT2D eigenvalue weighted by atomic mass is 32.1. The molecular formula is C19H17N3O3S2. The van der Waals surface area contributed by atoms with Crippen LogP contribution in [0.2, 0.25) is 0 Å². The molecule has 0 unspecified atom stereocenters. The van der Waals surface area contributed by atoms with Crippen LogP contribution in [0.3, 0.4) is 0 Å². The highest BCUT2D eigenvalue weighted by Gasteiger charge is 2.31. The molecule has 1 aromatic carbocycles. The maximum Gasteiger partial charge on any atom is 0.271 e. The molecule has 6 nitrogen and oxygen atoms in total. The van der Waals surface area contributed by atoms with E-state index < -0.39 is 4.92 Å². The molecule has 0 radical (unpaired) electrons. The minimum atomic E-state index is -0.467. The second-order valence-electron chi connectivity index (χ2n) is 6.29. The topological polar surface area (TPSA) is 75.5 Å². The maximum atomic E-state index is 12.6. The summed E-state index contributed by atoms with van der Waals surface area (Å²) < 4.78 is 0. The standard InChI is InChI=1S/C19H17N3O3S2/c23-18(20-13-3-1-4-14(11-13)22(24)25)12-21-8-6-16-15(7-10-27-16)19(21)17-5-2-9-26-17/h1-5,7,9-11,19H,6,8,12H2,(H,20,23)/t19-/m0/s1. The lowest BCUT2D eigenvalue weighted by molar-refractivity contribution is -0.384. The Morgan fingerprint density at radius 3 is 2.89 bits per heavy atom. The van der Waals surface area contributed by atoms with E-state index in [1.807, 2.05) is 6.07 Å². The van der Waals surface area contributed by atoms with Crippen LogP contribution in [0, 0.1) is 10.1 Å². The van der Waals surface area contributed by atoms with E-state index in [0.29, 0.717) is 5.69 Å². The number of anilines is 1. The molecule has 27 heavy (non-hydrogen) atoms. The molecule has 0 saturated carbocycles. The second-order valence-corrected chi connectivity index (χ2v) is 8.27. The van der Waals surface area contributed by atoms with Crippen LogP contribution in [0.15, 0.2) is 53.2 Å². The average Bonchev–Trinajstić information content (AvgIpc) is 3.33. The predicted molar refractivity (Wildman–Crippen MR) is 107 cm³/mol. The summed E-state index contributed by atoms with van der Waals surface area (Å²) in [6.45, 7) is 1.04. The molecule has 0 fully saturated rings. The van der Waals surface area contributed by atoms with Gasteiger partial charge in [0.2, 0.25) is 5.91 Å². The summed E-state index contributed by atoms with van der Waals surface area (Å²) in [5.74, 6) is -0.171. The molecule has 1 N–H and O–H groups in total. The maximum absolute atomic E-state index is 12.6. The monoisotopic (exact) mass is 399 g/mol. The van der Waals surface area contributed by atoms with Gasteiger partial charge in [0.1, 0.15) is 0 Å². The third-order valence-corrected chi connectivity index (χ3v) is 6.49. The number of thiophene rings is 2. The third-order valence-electron chi connectivity index (χ3n) is 4.57. The molecule has 8 heteroatoms. The van der Waals surface area contributed by atoms with Gasteiger partial charge in [0, 0.05) is 34.1 Å². The molecule has 0 bridgehead atoms. The number of nitro groups is 1. The fourth-order valence-electron chi connectivity index (χ4n) is 3.40. The number of hydrogen-bond acceptors (Lipinski definition) is 6. The Labute approximate surface area is 164 Å². The van der Waals surface area contributed by atoms with E-state index in [1.54, 1.807) is 34.8 Å². The minimum absolute atomic E-state index is 0.0369. The smallest absolute Gasteiger partial charge is 0.271 e. The van der Waals surface area contributed by atoms with Crippen LogP contribution >= 0.6 is 22.7 Å². The van der Waals surface area contributed by atoms with E-state index in [4.69, 9.17) is 0 Å². The number of nitrogens with zero attached hydrogens (tertiary/aromatic N) is 2. The molecular weight excluding hydrogens is 382 g/mol. The number of carbonyl (C=O) groups is 1. The Bertz CT molecular complexity index is 968. The van der Waals surface area contributed by atoms with E-state index in [0.717, 1.165) is 13.0 Å². The quantitative estimate of drug-likeness (QED) is 0.513. The van der Waals surface area contributed by atoms with Crippen LogP contribution in [-0.4, -0.2) is 28.8 Å². The van der Waals surface area contributed by atoms with Gasteiger partial charge in [-0.1, -0.05) is 12.1 Å². The Morgan fingerprint density at radius 2 is 2.11 bits per heavy atom. The molecule has 3 aromatic rings. The normalized spacial score (nSPS) is 16.7. The van der Waals surface area contributed by atoms with Crippen molar-refractivity contribution in [2.24, 2.45) is 0 Å². The van der Waals surface area contributed by atoms with E-state index in [2.05, 4.69) is 33.1 Å². The van der Waals surface area contributed by atoms with Crippen molar-refractivity contribution in [2.45, 2.75) is 12.5 Å². The van der Waals surface area contributed by atoms with Gasteiger partial charge in [-0.05, 0) is 40.9 Å². The summed E-state index contributed by atoms with van der Waals surface area (Å²) in [6, 6.07) is 12.4. The summed E-state index contributed by atoms with van der Waals surface area (Å²) in [5.41, 5.74) is 1.68. The zero-order valence-electron chi connectivity index (χ0n) is 14.3. The van der Waals surface area contributed by atoms with Crippen LogP contribution < -0.4 is 5.32 Å². The number of hydrogen-bond donors (Lipinski definition) is 1. The van der Waals surface area contributed by atoms with Crippen molar-refractivity contribution in [3.8, 4) is 0 Å². The van der Waals surface area contributed by atoms with Crippen LogP contribution in [-0.2, 0) is 11.2 Å². The molecule has 0 saturated heterocycles. The number of rotatable bonds is 5.